The van der Waals surface area contributed by atoms with E-state index in [0.717, 1.165) is 62.0 Å². The maximum Gasteiger partial charge on any atom is 0.252 e. The monoisotopic (exact) mass is 541 g/mol. The minimum Gasteiger partial charge on any atom is -0.380 e. The van der Waals surface area contributed by atoms with Gasteiger partial charge in [0.25, 0.3) is 5.91 Å². The molecule has 0 radical (unpaired) electrons. The first kappa shape index (κ1) is 26.0. The van der Waals surface area contributed by atoms with E-state index in [1.807, 2.05) is 36.4 Å². The van der Waals surface area contributed by atoms with Crippen LogP contribution in [0.15, 0.2) is 53.6 Å². The van der Waals surface area contributed by atoms with Gasteiger partial charge in [-0.3, -0.25) is 19.5 Å². The van der Waals surface area contributed by atoms with Gasteiger partial charge in [0.2, 0.25) is 5.91 Å². The fourth-order valence-electron chi connectivity index (χ4n) is 4.97. The quantitative estimate of drug-likeness (QED) is 0.550. The van der Waals surface area contributed by atoms with Crippen molar-refractivity contribution in [3.63, 3.8) is 0 Å². The van der Waals surface area contributed by atoms with E-state index in [1.54, 1.807) is 9.91 Å². The van der Waals surface area contributed by atoms with Crippen molar-refractivity contribution in [3.05, 3.63) is 64.7 Å². The molecule has 10 heteroatoms. The van der Waals surface area contributed by atoms with Crippen LogP contribution in [0.1, 0.15) is 30.4 Å². The zero-order valence-electron chi connectivity index (χ0n) is 20.7. The lowest BCUT2D eigenvalue weighted by Gasteiger charge is -2.26. The number of ether oxygens (including phenoxy) is 1. The van der Waals surface area contributed by atoms with Crippen LogP contribution in [0.4, 0.5) is 5.69 Å². The number of rotatable bonds is 8. The Balaban J connectivity index is 1.22. The molecule has 8 nitrogen and oxygen atoms in total. The zero-order chi connectivity index (χ0) is 25.8. The van der Waals surface area contributed by atoms with Crippen molar-refractivity contribution in [2.75, 3.05) is 37.7 Å². The molecule has 2 unspecified atom stereocenters. The van der Waals surface area contributed by atoms with E-state index in [4.69, 9.17) is 27.2 Å². The van der Waals surface area contributed by atoms with E-state index in [1.165, 1.54) is 17.3 Å². The number of hydrogen-bond donors (Lipinski definition) is 1. The number of nitrogens with zero attached hydrogens (tertiary/aromatic N) is 4. The molecule has 2 aromatic carbocycles. The van der Waals surface area contributed by atoms with Crippen molar-refractivity contribution in [1.82, 2.24) is 9.91 Å². The van der Waals surface area contributed by atoms with Crippen molar-refractivity contribution < 1.29 is 14.3 Å². The molecule has 3 heterocycles. The molecule has 2 aromatic rings. The highest BCUT2D eigenvalue weighted by molar-refractivity contribution is 8.15. The number of hydrogen-bond acceptors (Lipinski definition) is 7. The Morgan fingerprint density at radius 3 is 2.57 bits per heavy atom. The highest BCUT2D eigenvalue weighted by Gasteiger charge is 2.42. The number of thioether (sulfide) groups is 1. The predicted molar refractivity (Wildman–Crippen MR) is 148 cm³/mol. The van der Waals surface area contributed by atoms with E-state index in [2.05, 4.69) is 17.0 Å². The zero-order valence-corrected chi connectivity index (χ0v) is 22.3. The second kappa shape index (κ2) is 11.9. The number of aryl methyl sites for hydroxylation is 1. The molecule has 0 bridgehead atoms. The molecule has 2 fully saturated rings. The maximum absolute atomic E-state index is 13.0. The van der Waals surface area contributed by atoms with Gasteiger partial charge in [-0.1, -0.05) is 47.6 Å². The minimum absolute atomic E-state index is 0.0282. The summed E-state index contributed by atoms with van der Waals surface area (Å²) in [5.74, 6) is -0.412. The molecule has 0 saturated carbocycles. The van der Waals surface area contributed by atoms with Crippen molar-refractivity contribution >= 4 is 45.9 Å². The van der Waals surface area contributed by atoms with Crippen LogP contribution in [0.2, 0.25) is 5.02 Å². The van der Waals surface area contributed by atoms with Crippen LogP contribution >= 0.6 is 23.4 Å². The second-order valence-corrected chi connectivity index (χ2v) is 11.2. The first-order valence-corrected chi connectivity index (χ1v) is 14.0. The third kappa shape index (κ3) is 6.46. The molecule has 2 N–H and O–H groups in total. The molecule has 3 aliphatic rings. The van der Waals surface area contributed by atoms with Crippen molar-refractivity contribution in [2.24, 2.45) is 10.8 Å². The predicted octanol–water partition coefficient (Wildman–Crippen LogP) is 3.47. The van der Waals surface area contributed by atoms with Gasteiger partial charge in [-0.15, -0.1) is 0 Å². The molecular formula is C27H32ClN5O3S. The van der Waals surface area contributed by atoms with E-state index >= 15 is 0 Å². The summed E-state index contributed by atoms with van der Waals surface area (Å²) >= 11 is 7.37. The topological polar surface area (TPSA) is 91.5 Å². The van der Waals surface area contributed by atoms with Gasteiger partial charge >= 0.3 is 0 Å². The second-order valence-electron chi connectivity index (χ2n) is 9.64. The Labute approximate surface area is 226 Å². The van der Waals surface area contributed by atoms with Gasteiger partial charge in [0.1, 0.15) is 0 Å². The number of halogens is 1. The summed E-state index contributed by atoms with van der Waals surface area (Å²) in [4.78, 5) is 29.4. The Bertz CT molecular complexity index is 1140. The minimum atomic E-state index is -0.599. The van der Waals surface area contributed by atoms with Crippen molar-refractivity contribution in [1.29, 1.82) is 0 Å². The van der Waals surface area contributed by atoms with Crippen LogP contribution in [-0.4, -0.2) is 71.0 Å². The van der Waals surface area contributed by atoms with Gasteiger partial charge in [0, 0.05) is 49.9 Å². The summed E-state index contributed by atoms with van der Waals surface area (Å²) in [6.45, 7) is 4.91. The SMILES string of the molecule is NC(=O)C1SC(CCc2ccc(Cl)cc2)=NN1C1CC(=O)N(c2ccc(CN3CCCOCC3)cc2)C1. The lowest BCUT2D eigenvalue weighted by molar-refractivity contribution is -0.121. The molecule has 2 atom stereocenters. The number of anilines is 1. The number of primary amides is 1. The summed E-state index contributed by atoms with van der Waals surface area (Å²) in [7, 11) is 0. The van der Waals surface area contributed by atoms with Crippen LogP contribution in [0.5, 0.6) is 0 Å². The highest BCUT2D eigenvalue weighted by atomic mass is 35.5. The molecule has 0 aromatic heterocycles. The van der Waals surface area contributed by atoms with Crippen molar-refractivity contribution in [2.45, 2.75) is 43.6 Å². The van der Waals surface area contributed by atoms with Crippen LogP contribution in [0.25, 0.3) is 0 Å². The number of benzene rings is 2. The number of amides is 2. The summed E-state index contributed by atoms with van der Waals surface area (Å²) in [6, 6.07) is 15.7. The average Bonchev–Trinajstić information content (AvgIpc) is 3.40. The summed E-state index contributed by atoms with van der Waals surface area (Å²) < 4.78 is 5.55. The van der Waals surface area contributed by atoms with Gasteiger partial charge in [-0.25, -0.2) is 0 Å². The molecule has 3 aliphatic heterocycles. The first-order valence-electron chi connectivity index (χ1n) is 12.7. The molecule has 0 spiro atoms. The molecule has 196 valence electrons. The average molecular weight is 542 g/mol. The summed E-state index contributed by atoms with van der Waals surface area (Å²) in [6.07, 6.45) is 2.83. The number of carbonyl (C=O) groups is 2. The Morgan fingerprint density at radius 1 is 1.05 bits per heavy atom. The van der Waals surface area contributed by atoms with E-state index < -0.39 is 11.3 Å². The molecular weight excluding hydrogens is 510 g/mol. The van der Waals surface area contributed by atoms with Gasteiger partial charge in [-0.05, 0) is 48.2 Å². The van der Waals surface area contributed by atoms with Gasteiger partial charge in [0.05, 0.1) is 24.1 Å². The third-order valence-corrected chi connectivity index (χ3v) is 8.43. The normalized spacial score (nSPS) is 22.8. The fraction of sp³-hybridized carbons (Fsp3) is 0.444. The van der Waals surface area contributed by atoms with Gasteiger partial charge in [-0.2, -0.15) is 5.10 Å². The number of hydrazone groups is 1. The standard InChI is InChI=1S/C27H32ClN5O3S/c28-21-7-2-19(3-8-21)6-11-24-30-33(27(37-24)26(29)35)23-16-25(34)32(18-23)22-9-4-20(5-10-22)17-31-12-1-14-36-15-13-31/h2-5,7-10,23,27H,1,6,11-18H2,(H2,29,35). The van der Waals surface area contributed by atoms with E-state index in [9.17, 15) is 9.59 Å². The molecule has 2 amide bonds. The summed E-state index contributed by atoms with van der Waals surface area (Å²) in [5.41, 5.74) is 8.96. The Morgan fingerprint density at radius 2 is 1.81 bits per heavy atom. The molecule has 5 rings (SSSR count). The lowest BCUT2D eigenvalue weighted by Crippen LogP contribution is -2.44. The maximum atomic E-state index is 13.0. The van der Waals surface area contributed by atoms with Crippen LogP contribution in [0, 0.1) is 0 Å². The third-order valence-electron chi connectivity index (χ3n) is 6.95. The fourth-order valence-corrected chi connectivity index (χ4v) is 6.16. The first-order chi connectivity index (χ1) is 18.0. The summed E-state index contributed by atoms with van der Waals surface area (Å²) in [5, 5.41) is 7.45. The smallest absolute Gasteiger partial charge is 0.252 e. The molecule has 0 aliphatic carbocycles. The number of carbonyl (C=O) groups excluding carboxylic acids is 2. The molecule has 37 heavy (non-hydrogen) atoms. The van der Waals surface area contributed by atoms with Gasteiger partial charge in [0.15, 0.2) is 5.37 Å². The van der Waals surface area contributed by atoms with E-state index in [0.29, 0.717) is 24.4 Å². The van der Waals surface area contributed by atoms with Crippen LogP contribution in [0.3, 0.4) is 0 Å². The molecule has 2 saturated heterocycles. The lowest BCUT2D eigenvalue weighted by atomic mass is 10.1. The largest absolute Gasteiger partial charge is 0.380 e. The van der Waals surface area contributed by atoms with Crippen molar-refractivity contribution in [3.8, 4) is 0 Å². The van der Waals surface area contributed by atoms with Crippen LogP contribution < -0.4 is 10.6 Å². The van der Waals surface area contributed by atoms with E-state index in [-0.39, 0.29) is 11.9 Å². The highest BCUT2D eigenvalue weighted by Crippen LogP contribution is 2.34. The van der Waals surface area contributed by atoms with Gasteiger partial charge < -0.3 is 15.4 Å². The Kier molecular flexibility index (Phi) is 8.34. The number of nitrogens with two attached hydrogens (primary N) is 1. The van der Waals surface area contributed by atoms with Crippen LogP contribution in [-0.2, 0) is 27.3 Å². The Hall–Kier alpha value is -2.59.